The third kappa shape index (κ3) is 3.76. The van der Waals surface area contributed by atoms with Crippen LogP contribution in [0.5, 0.6) is 5.75 Å². The predicted molar refractivity (Wildman–Crippen MR) is 73.9 cm³/mol. The number of aliphatic hydroxyl groups is 1. The highest BCUT2D eigenvalue weighted by atomic mass is 32.1. The van der Waals surface area contributed by atoms with Gasteiger partial charge in [-0.3, -0.25) is 0 Å². The second-order valence-corrected chi connectivity index (χ2v) is 4.94. The molecule has 0 amide bonds. The van der Waals surface area contributed by atoms with E-state index in [0.717, 1.165) is 5.56 Å². The van der Waals surface area contributed by atoms with Gasteiger partial charge in [0.15, 0.2) is 0 Å². The molecule has 0 bridgehead atoms. The number of ether oxygens (including phenoxy) is 1. The third-order valence-electron chi connectivity index (χ3n) is 2.84. The van der Waals surface area contributed by atoms with Crippen molar-refractivity contribution in [1.82, 2.24) is 5.32 Å². The first kappa shape index (κ1) is 14.0. The van der Waals surface area contributed by atoms with Gasteiger partial charge in [0.25, 0.3) is 0 Å². The number of methoxy groups -OCH3 is 1. The zero-order chi connectivity index (χ0) is 13.7. The van der Waals surface area contributed by atoms with Crippen molar-refractivity contribution in [1.29, 1.82) is 0 Å². The fourth-order valence-electron chi connectivity index (χ4n) is 1.72. The number of rotatable bonds is 6. The molecule has 5 heteroatoms. The summed E-state index contributed by atoms with van der Waals surface area (Å²) in [5.41, 5.74) is 1.44. The van der Waals surface area contributed by atoms with Crippen LogP contribution in [0.2, 0.25) is 0 Å². The molecule has 3 nitrogen and oxygen atoms in total. The monoisotopic (exact) mass is 281 g/mol. The van der Waals surface area contributed by atoms with E-state index in [1.54, 1.807) is 23.5 Å². The molecular formula is C14H16FNO2S. The van der Waals surface area contributed by atoms with Crippen LogP contribution < -0.4 is 10.1 Å². The van der Waals surface area contributed by atoms with Gasteiger partial charge < -0.3 is 15.2 Å². The van der Waals surface area contributed by atoms with Gasteiger partial charge >= 0.3 is 0 Å². The van der Waals surface area contributed by atoms with Crippen LogP contribution in [-0.4, -0.2) is 18.8 Å². The van der Waals surface area contributed by atoms with Crippen LogP contribution in [0.1, 0.15) is 17.2 Å². The number of aliphatic hydroxyl groups excluding tert-OH is 1. The van der Waals surface area contributed by atoms with E-state index < -0.39 is 6.10 Å². The minimum absolute atomic E-state index is 0.308. The van der Waals surface area contributed by atoms with E-state index in [9.17, 15) is 9.50 Å². The Hall–Kier alpha value is -1.43. The molecule has 19 heavy (non-hydrogen) atoms. The van der Waals surface area contributed by atoms with Crippen LogP contribution in [0.4, 0.5) is 4.39 Å². The van der Waals surface area contributed by atoms with Crippen LogP contribution in [0.15, 0.2) is 35.0 Å². The molecule has 1 unspecified atom stereocenters. The maximum absolute atomic E-state index is 13.7. The number of nitrogens with one attached hydrogen (secondary N) is 1. The van der Waals surface area contributed by atoms with Crippen molar-refractivity contribution in [2.24, 2.45) is 0 Å². The van der Waals surface area contributed by atoms with Gasteiger partial charge in [-0.2, -0.15) is 11.3 Å². The van der Waals surface area contributed by atoms with Gasteiger partial charge in [-0.1, -0.05) is 6.07 Å². The second kappa shape index (κ2) is 6.65. The summed E-state index contributed by atoms with van der Waals surface area (Å²) in [4.78, 5) is 0. The molecule has 0 saturated heterocycles. The van der Waals surface area contributed by atoms with Crippen LogP contribution in [-0.2, 0) is 6.54 Å². The smallest absolute Gasteiger partial charge is 0.131 e. The Balaban J connectivity index is 1.86. The first-order chi connectivity index (χ1) is 9.20. The minimum Gasteiger partial charge on any atom is -0.497 e. The fraction of sp³-hybridized carbons (Fsp3) is 0.286. The highest BCUT2D eigenvalue weighted by Gasteiger charge is 2.08. The third-order valence-corrected chi connectivity index (χ3v) is 3.54. The Morgan fingerprint density at radius 3 is 2.89 bits per heavy atom. The summed E-state index contributed by atoms with van der Waals surface area (Å²) in [5.74, 6) is 0.191. The average molecular weight is 281 g/mol. The molecule has 0 spiro atoms. The van der Waals surface area contributed by atoms with Gasteiger partial charge in [0.05, 0.1) is 13.2 Å². The highest BCUT2D eigenvalue weighted by Crippen LogP contribution is 2.17. The van der Waals surface area contributed by atoms with E-state index in [1.165, 1.54) is 13.2 Å². The Morgan fingerprint density at radius 1 is 1.42 bits per heavy atom. The van der Waals surface area contributed by atoms with Gasteiger partial charge in [0.2, 0.25) is 0 Å². The van der Waals surface area contributed by atoms with E-state index in [-0.39, 0.29) is 5.82 Å². The van der Waals surface area contributed by atoms with Gasteiger partial charge in [0, 0.05) is 24.7 Å². The average Bonchev–Trinajstić information content (AvgIpc) is 2.94. The summed E-state index contributed by atoms with van der Waals surface area (Å²) in [7, 11) is 1.50. The first-order valence-corrected chi connectivity index (χ1v) is 6.88. The molecule has 0 saturated carbocycles. The number of halogens is 1. The Bertz CT molecular complexity index is 516. The topological polar surface area (TPSA) is 41.5 Å². The standard InChI is InChI=1S/C14H16FNO2S/c1-18-12-3-2-10(13(15)6-12)7-16-8-14(17)11-4-5-19-9-11/h2-6,9,14,16-17H,7-8H2,1H3. The molecule has 1 heterocycles. The Labute approximate surface area is 115 Å². The van der Waals surface area contributed by atoms with Gasteiger partial charge in [-0.15, -0.1) is 0 Å². The summed E-state index contributed by atoms with van der Waals surface area (Å²) in [6.07, 6.45) is -0.562. The molecule has 102 valence electrons. The van der Waals surface area contributed by atoms with E-state index >= 15 is 0 Å². The van der Waals surface area contributed by atoms with Gasteiger partial charge in [0.1, 0.15) is 11.6 Å². The predicted octanol–water partition coefficient (Wildman–Crippen LogP) is 2.72. The number of benzene rings is 1. The largest absolute Gasteiger partial charge is 0.497 e. The zero-order valence-corrected chi connectivity index (χ0v) is 11.4. The second-order valence-electron chi connectivity index (χ2n) is 4.16. The lowest BCUT2D eigenvalue weighted by atomic mass is 10.1. The SMILES string of the molecule is COc1ccc(CNCC(O)c2ccsc2)c(F)c1. The normalized spacial score (nSPS) is 12.4. The van der Waals surface area contributed by atoms with E-state index in [1.807, 2.05) is 16.8 Å². The number of hydrogen-bond acceptors (Lipinski definition) is 4. The van der Waals surface area contributed by atoms with Crippen molar-refractivity contribution >= 4 is 11.3 Å². The van der Waals surface area contributed by atoms with Crippen molar-refractivity contribution in [2.75, 3.05) is 13.7 Å². The van der Waals surface area contributed by atoms with E-state index in [4.69, 9.17) is 4.74 Å². The number of hydrogen-bond donors (Lipinski definition) is 2. The maximum Gasteiger partial charge on any atom is 0.131 e. The lowest BCUT2D eigenvalue weighted by Crippen LogP contribution is -2.21. The summed E-state index contributed by atoms with van der Waals surface area (Å²) < 4.78 is 18.6. The minimum atomic E-state index is -0.562. The molecular weight excluding hydrogens is 265 g/mol. The molecule has 0 radical (unpaired) electrons. The fourth-order valence-corrected chi connectivity index (χ4v) is 2.43. The van der Waals surface area contributed by atoms with Crippen molar-refractivity contribution in [2.45, 2.75) is 12.6 Å². The first-order valence-electron chi connectivity index (χ1n) is 5.94. The van der Waals surface area contributed by atoms with Crippen molar-refractivity contribution in [3.05, 3.63) is 52.0 Å². The molecule has 2 aromatic rings. The number of thiophene rings is 1. The zero-order valence-electron chi connectivity index (χ0n) is 10.6. The maximum atomic E-state index is 13.7. The van der Waals surface area contributed by atoms with Crippen molar-refractivity contribution in [3.8, 4) is 5.75 Å². The summed E-state index contributed by atoms with van der Waals surface area (Å²) in [5, 5.41) is 16.7. The lowest BCUT2D eigenvalue weighted by Gasteiger charge is -2.11. The molecule has 1 aromatic carbocycles. The van der Waals surface area contributed by atoms with Crippen molar-refractivity contribution < 1.29 is 14.2 Å². The van der Waals surface area contributed by atoms with Crippen LogP contribution >= 0.6 is 11.3 Å². The molecule has 0 aliphatic carbocycles. The van der Waals surface area contributed by atoms with Gasteiger partial charge in [-0.25, -0.2) is 4.39 Å². The molecule has 0 aliphatic heterocycles. The summed E-state index contributed by atoms with van der Waals surface area (Å²) in [6.45, 7) is 0.763. The molecule has 2 N–H and O–H groups in total. The van der Waals surface area contributed by atoms with Crippen molar-refractivity contribution in [3.63, 3.8) is 0 Å². The van der Waals surface area contributed by atoms with Gasteiger partial charge in [-0.05, 0) is 28.5 Å². The van der Waals surface area contributed by atoms with Crippen LogP contribution in [0.25, 0.3) is 0 Å². The quantitative estimate of drug-likeness (QED) is 0.855. The van der Waals surface area contributed by atoms with E-state index in [2.05, 4.69) is 5.32 Å². The molecule has 0 aliphatic rings. The molecule has 0 fully saturated rings. The lowest BCUT2D eigenvalue weighted by molar-refractivity contribution is 0.174. The molecule has 1 aromatic heterocycles. The molecule has 2 rings (SSSR count). The van der Waals surface area contributed by atoms with E-state index in [0.29, 0.717) is 24.4 Å². The summed E-state index contributed by atoms with van der Waals surface area (Å²) >= 11 is 1.54. The Kier molecular flexibility index (Phi) is 4.90. The van der Waals surface area contributed by atoms with Crippen LogP contribution in [0.3, 0.4) is 0 Å². The summed E-state index contributed by atoms with van der Waals surface area (Å²) in [6, 6.07) is 6.63. The van der Waals surface area contributed by atoms with Crippen LogP contribution in [0, 0.1) is 5.82 Å². The molecule has 1 atom stereocenters. The highest BCUT2D eigenvalue weighted by molar-refractivity contribution is 7.07. The Morgan fingerprint density at radius 2 is 2.26 bits per heavy atom.